The van der Waals surface area contributed by atoms with Crippen LogP contribution in [-0.2, 0) is 6.54 Å². The summed E-state index contributed by atoms with van der Waals surface area (Å²) < 4.78 is 5.19. The summed E-state index contributed by atoms with van der Waals surface area (Å²) in [6.07, 6.45) is 0.829. The molecule has 0 fully saturated rings. The molecule has 0 saturated carbocycles. The molecule has 0 radical (unpaired) electrons. The van der Waals surface area contributed by atoms with E-state index in [1.807, 2.05) is 32.0 Å². The Balaban J connectivity index is 2.10. The Morgan fingerprint density at radius 1 is 1.22 bits per heavy atom. The Hall–Kier alpha value is -2.63. The van der Waals surface area contributed by atoms with Gasteiger partial charge in [-0.3, -0.25) is 9.59 Å². The zero-order chi connectivity index (χ0) is 16.7. The van der Waals surface area contributed by atoms with E-state index in [1.54, 1.807) is 23.1 Å². The van der Waals surface area contributed by atoms with Crippen LogP contribution in [0.4, 0.5) is 0 Å². The number of hydrogen-bond donors (Lipinski definition) is 1. The SMILES string of the molecule is CCCN(Cc1cc(C(=O)NCC)no1)C(=O)c1ccccc1. The average molecular weight is 315 g/mol. The zero-order valence-corrected chi connectivity index (χ0v) is 13.4. The summed E-state index contributed by atoms with van der Waals surface area (Å²) >= 11 is 0. The predicted octanol–water partition coefficient (Wildman–Crippen LogP) is 2.48. The molecule has 23 heavy (non-hydrogen) atoms. The molecule has 6 nitrogen and oxygen atoms in total. The summed E-state index contributed by atoms with van der Waals surface area (Å²) in [6, 6.07) is 10.7. The second kappa shape index (κ2) is 8.12. The maximum Gasteiger partial charge on any atom is 0.273 e. The summed E-state index contributed by atoms with van der Waals surface area (Å²) in [5.74, 6) is 0.145. The predicted molar refractivity (Wildman–Crippen MR) is 86.0 cm³/mol. The van der Waals surface area contributed by atoms with Crippen LogP contribution in [0.3, 0.4) is 0 Å². The Kier molecular flexibility index (Phi) is 5.91. The Morgan fingerprint density at radius 3 is 2.61 bits per heavy atom. The zero-order valence-electron chi connectivity index (χ0n) is 13.4. The Bertz CT molecular complexity index is 652. The van der Waals surface area contributed by atoms with E-state index in [1.165, 1.54) is 0 Å². The van der Waals surface area contributed by atoms with E-state index in [-0.39, 0.29) is 24.1 Å². The lowest BCUT2D eigenvalue weighted by molar-refractivity contribution is 0.0727. The van der Waals surface area contributed by atoms with E-state index in [2.05, 4.69) is 10.5 Å². The number of carbonyl (C=O) groups is 2. The minimum atomic E-state index is -0.279. The van der Waals surface area contributed by atoms with Gasteiger partial charge in [0.15, 0.2) is 11.5 Å². The quantitative estimate of drug-likeness (QED) is 0.851. The van der Waals surface area contributed by atoms with Crippen LogP contribution < -0.4 is 5.32 Å². The van der Waals surface area contributed by atoms with Gasteiger partial charge >= 0.3 is 0 Å². The van der Waals surface area contributed by atoms with Crippen molar-refractivity contribution in [2.75, 3.05) is 13.1 Å². The lowest BCUT2D eigenvalue weighted by Crippen LogP contribution is -2.31. The summed E-state index contributed by atoms with van der Waals surface area (Å²) in [6.45, 7) is 5.25. The van der Waals surface area contributed by atoms with Crippen molar-refractivity contribution >= 4 is 11.8 Å². The molecular formula is C17H21N3O3. The standard InChI is InChI=1S/C17H21N3O3/c1-3-10-20(17(22)13-8-6-5-7-9-13)12-14-11-15(19-23-14)16(21)18-4-2/h5-9,11H,3-4,10,12H2,1-2H3,(H,18,21). The van der Waals surface area contributed by atoms with Gasteiger partial charge in [-0.15, -0.1) is 0 Å². The minimum absolute atomic E-state index is 0.0663. The third-order valence-corrected chi connectivity index (χ3v) is 3.28. The van der Waals surface area contributed by atoms with Gasteiger partial charge in [-0.1, -0.05) is 30.3 Å². The summed E-state index contributed by atoms with van der Waals surface area (Å²) in [4.78, 5) is 26.0. The molecule has 1 N–H and O–H groups in total. The second-order valence-corrected chi connectivity index (χ2v) is 5.13. The van der Waals surface area contributed by atoms with Crippen molar-refractivity contribution in [2.45, 2.75) is 26.8 Å². The van der Waals surface area contributed by atoms with Crippen molar-refractivity contribution in [3.05, 3.63) is 53.4 Å². The van der Waals surface area contributed by atoms with E-state index < -0.39 is 0 Å². The van der Waals surface area contributed by atoms with Crippen molar-refractivity contribution in [1.82, 2.24) is 15.4 Å². The maximum atomic E-state index is 12.6. The average Bonchev–Trinajstić information content (AvgIpc) is 3.03. The van der Waals surface area contributed by atoms with Crippen LogP contribution in [-0.4, -0.2) is 35.0 Å². The van der Waals surface area contributed by atoms with Gasteiger partial charge in [0.25, 0.3) is 11.8 Å². The molecule has 1 aromatic carbocycles. The van der Waals surface area contributed by atoms with Gasteiger partial charge in [0.1, 0.15) is 0 Å². The highest BCUT2D eigenvalue weighted by Crippen LogP contribution is 2.12. The summed E-state index contributed by atoms with van der Waals surface area (Å²) in [5, 5.41) is 6.42. The third-order valence-electron chi connectivity index (χ3n) is 3.28. The monoisotopic (exact) mass is 315 g/mol. The third kappa shape index (κ3) is 4.42. The van der Waals surface area contributed by atoms with Gasteiger partial charge < -0.3 is 14.7 Å². The van der Waals surface area contributed by atoms with Gasteiger partial charge in [0.05, 0.1) is 6.54 Å². The molecule has 0 spiro atoms. The molecule has 0 aliphatic rings. The molecule has 0 atom stereocenters. The Morgan fingerprint density at radius 2 is 1.96 bits per heavy atom. The molecule has 0 aliphatic carbocycles. The highest BCUT2D eigenvalue weighted by atomic mass is 16.5. The van der Waals surface area contributed by atoms with Crippen LogP contribution in [0, 0.1) is 0 Å². The first-order chi connectivity index (χ1) is 11.2. The second-order valence-electron chi connectivity index (χ2n) is 5.13. The van der Waals surface area contributed by atoms with Crippen molar-refractivity contribution < 1.29 is 14.1 Å². The molecule has 6 heteroatoms. The molecule has 2 rings (SSSR count). The van der Waals surface area contributed by atoms with Crippen molar-refractivity contribution in [1.29, 1.82) is 0 Å². The van der Waals surface area contributed by atoms with Crippen LogP contribution in [0.1, 0.15) is 46.9 Å². The number of rotatable bonds is 7. The van der Waals surface area contributed by atoms with Crippen LogP contribution in [0.25, 0.3) is 0 Å². The van der Waals surface area contributed by atoms with Crippen LogP contribution in [0.2, 0.25) is 0 Å². The lowest BCUT2D eigenvalue weighted by atomic mass is 10.2. The number of hydrogen-bond acceptors (Lipinski definition) is 4. The van der Waals surface area contributed by atoms with Gasteiger partial charge in [0, 0.05) is 24.7 Å². The van der Waals surface area contributed by atoms with E-state index in [0.717, 1.165) is 6.42 Å². The normalized spacial score (nSPS) is 10.3. The van der Waals surface area contributed by atoms with Gasteiger partial charge in [0.2, 0.25) is 0 Å². The first-order valence-electron chi connectivity index (χ1n) is 7.73. The van der Waals surface area contributed by atoms with E-state index in [4.69, 9.17) is 4.52 Å². The van der Waals surface area contributed by atoms with Crippen LogP contribution >= 0.6 is 0 Å². The molecule has 2 amide bonds. The number of amides is 2. The molecular weight excluding hydrogens is 294 g/mol. The van der Waals surface area contributed by atoms with E-state index >= 15 is 0 Å². The van der Waals surface area contributed by atoms with E-state index in [9.17, 15) is 9.59 Å². The molecule has 0 unspecified atom stereocenters. The van der Waals surface area contributed by atoms with Gasteiger partial charge in [-0.2, -0.15) is 0 Å². The number of nitrogens with zero attached hydrogens (tertiary/aromatic N) is 2. The number of nitrogens with one attached hydrogen (secondary N) is 1. The van der Waals surface area contributed by atoms with E-state index in [0.29, 0.717) is 24.4 Å². The molecule has 2 aromatic rings. The molecule has 1 heterocycles. The topological polar surface area (TPSA) is 75.4 Å². The number of benzene rings is 1. The first kappa shape index (κ1) is 16.7. The molecule has 0 aliphatic heterocycles. The van der Waals surface area contributed by atoms with Gasteiger partial charge in [-0.25, -0.2) is 0 Å². The van der Waals surface area contributed by atoms with Gasteiger partial charge in [-0.05, 0) is 25.5 Å². The molecule has 0 bridgehead atoms. The lowest BCUT2D eigenvalue weighted by Gasteiger charge is -2.20. The molecule has 122 valence electrons. The number of carbonyl (C=O) groups excluding carboxylic acids is 2. The maximum absolute atomic E-state index is 12.6. The molecule has 0 saturated heterocycles. The minimum Gasteiger partial charge on any atom is -0.359 e. The molecule has 1 aromatic heterocycles. The van der Waals surface area contributed by atoms with Crippen LogP contribution in [0.15, 0.2) is 40.9 Å². The highest BCUT2D eigenvalue weighted by Gasteiger charge is 2.19. The van der Waals surface area contributed by atoms with Crippen LogP contribution in [0.5, 0.6) is 0 Å². The summed E-state index contributed by atoms with van der Waals surface area (Å²) in [5.41, 5.74) is 0.856. The summed E-state index contributed by atoms with van der Waals surface area (Å²) in [7, 11) is 0. The van der Waals surface area contributed by atoms with Crippen molar-refractivity contribution in [2.24, 2.45) is 0 Å². The Labute approximate surface area is 135 Å². The fourth-order valence-electron chi connectivity index (χ4n) is 2.22. The van der Waals surface area contributed by atoms with Crippen molar-refractivity contribution in [3.63, 3.8) is 0 Å². The smallest absolute Gasteiger partial charge is 0.273 e. The fourth-order valence-corrected chi connectivity index (χ4v) is 2.22. The van der Waals surface area contributed by atoms with Crippen molar-refractivity contribution in [3.8, 4) is 0 Å². The fraction of sp³-hybridized carbons (Fsp3) is 0.353. The number of aromatic nitrogens is 1. The first-order valence-corrected chi connectivity index (χ1v) is 7.73. The largest absolute Gasteiger partial charge is 0.359 e. The highest BCUT2D eigenvalue weighted by molar-refractivity contribution is 5.94.